The smallest absolute Gasteiger partial charge is 0.255 e. The first-order valence-corrected chi connectivity index (χ1v) is 12.4. The van der Waals surface area contributed by atoms with Gasteiger partial charge in [0.25, 0.3) is 11.8 Å². The fourth-order valence-corrected chi connectivity index (χ4v) is 4.38. The van der Waals surface area contributed by atoms with Gasteiger partial charge in [0.05, 0.1) is 24.0 Å². The summed E-state index contributed by atoms with van der Waals surface area (Å²) in [6.45, 7) is 1.77. The van der Waals surface area contributed by atoms with Gasteiger partial charge in [0, 0.05) is 29.4 Å². The number of carbonyl (C=O) groups excluding carboxylic acids is 2. The Bertz CT molecular complexity index is 1080. The normalized spacial score (nSPS) is 15.0. The molecule has 0 aliphatic carbocycles. The van der Waals surface area contributed by atoms with Gasteiger partial charge in [0.15, 0.2) is 0 Å². The molecular formula is C27H28N2O4S. The van der Waals surface area contributed by atoms with E-state index >= 15 is 0 Å². The van der Waals surface area contributed by atoms with E-state index in [1.54, 1.807) is 60.3 Å². The van der Waals surface area contributed by atoms with Crippen molar-refractivity contribution in [3.63, 3.8) is 0 Å². The molecule has 7 heteroatoms. The van der Waals surface area contributed by atoms with Gasteiger partial charge in [-0.1, -0.05) is 30.3 Å². The molecule has 3 aromatic carbocycles. The molecule has 1 aliphatic heterocycles. The lowest BCUT2D eigenvalue weighted by molar-refractivity contribution is 0.0858. The van der Waals surface area contributed by atoms with Crippen LogP contribution in [0.2, 0.25) is 0 Å². The average molecular weight is 477 g/mol. The quantitative estimate of drug-likeness (QED) is 0.317. The van der Waals surface area contributed by atoms with Crippen LogP contribution in [0.15, 0.2) is 83.8 Å². The van der Waals surface area contributed by atoms with E-state index in [1.165, 1.54) is 4.90 Å². The number of thioether (sulfide) groups is 1. The van der Waals surface area contributed by atoms with E-state index in [0.717, 1.165) is 25.2 Å². The van der Waals surface area contributed by atoms with Crippen molar-refractivity contribution in [2.45, 2.75) is 23.8 Å². The maximum atomic E-state index is 12.8. The highest BCUT2D eigenvalue weighted by Gasteiger charge is 2.18. The minimum absolute atomic E-state index is 0.0587. The van der Waals surface area contributed by atoms with Crippen molar-refractivity contribution in [3.05, 3.63) is 90.0 Å². The number of nitrogens with one attached hydrogen (secondary N) is 2. The number of anilines is 1. The summed E-state index contributed by atoms with van der Waals surface area (Å²) < 4.78 is 11.3. The Morgan fingerprint density at radius 3 is 2.47 bits per heavy atom. The number of rotatable bonds is 10. The zero-order valence-corrected chi connectivity index (χ0v) is 19.7. The van der Waals surface area contributed by atoms with Gasteiger partial charge in [-0.25, -0.2) is 0 Å². The standard InChI is InChI=1S/C27H28N2O4S/c30-26(20-12-14-21(15-13-20)33-17-18-34-23-8-2-1-3-9-23)29-25-11-5-4-10-24(25)27(31)28-19-22-7-6-16-32-22/h1-5,8-15,22H,6-7,16-19H2,(H,28,31)(H,29,30)/t22-/m0/s1. The second kappa shape index (κ2) is 12.3. The number of benzene rings is 3. The van der Waals surface area contributed by atoms with Gasteiger partial charge in [-0.2, -0.15) is 0 Å². The van der Waals surface area contributed by atoms with Crippen LogP contribution in [0, 0.1) is 0 Å². The fraction of sp³-hybridized carbons (Fsp3) is 0.259. The highest BCUT2D eigenvalue weighted by molar-refractivity contribution is 7.99. The Kier molecular flexibility index (Phi) is 8.60. The Morgan fingerprint density at radius 1 is 0.941 bits per heavy atom. The van der Waals surface area contributed by atoms with Crippen molar-refractivity contribution in [1.29, 1.82) is 0 Å². The number of hydrogen-bond donors (Lipinski definition) is 2. The van der Waals surface area contributed by atoms with Gasteiger partial charge in [0.2, 0.25) is 0 Å². The summed E-state index contributed by atoms with van der Waals surface area (Å²) in [5.41, 5.74) is 1.38. The molecule has 3 aromatic rings. The Hall–Kier alpha value is -3.29. The van der Waals surface area contributed by atoms with Gasteiger partial charge in [-0.3, -0.25) is 9.59 Å². The first-order valence-electron chi connectivity index (χ1n) is 11.4. The van der Waals surface area contributed by atoms with E-state index < -0.39 is 0 Å². The molecule has 1 saturated heterocycles. The molecule has 0 saturated carbocycles. The van der Waals surface area contributed by atoms with Gasteiger partial charge < -0.3 is 20.1 Å². The summed E-state index contributed by atoms with van der Waals surface area (Å²) in [6.07, 6.45) is 2.02. The third-order valence-corrected chi connectivity index (χ3v) is 6.39. The van der Waals surface area contributed by atoms with Crippen molar-refractivity contribution in [1.82, 2.24) is 5.32 Å². The molecule has 0 unspecified atom stereocenters. The number of hydrogen-bond acceptors (Lipinski definition) is 5. The predicted octanol–water partition coefficient (Wildman–Crippen LogP) is 5.02. The largest absolute Gasteiger partial charge is 0.493 e. The molecule has 1 atom stereocenters. The first kappa shape index (κ1) is 23.9. The van der Waals surface area contributed by atoms with Crippen molar-refractivity contribution >= 4 is 29.3 Å². The highest BCUT2D eigenvalue weighted by atomic mass is 32.2. The molecule has 0 radical (unpaired) electrons. The molecule has 0 spiro atoms. The Balaban J connectivity index is 1.28. The maximum absolute atomic E-state index is 12.8. The fourth-order valence-electron chi connectivity index (χ4n) is 3.63. The Labute approximate surface area is 204 Å². The molecule has 0 aromatic heterocycles. The molecule has 6 nitrogen and oxygen atoms in total. The van der Waals surface area contributed by atoms with Crippen LogP contribution >= 0.6 is 11.8 Å². The van der Waals surface area contributed by atoms with Crippen LogP contribution in [0.1, 0.15) is 33.6 Å². The molecule has 176 valence electrons. The molecule has 2 amide bonds. The zero-order valence-electron chi connectivity index (χ0n) is 18.9. The Morgan fingerprint density at radius 2 is 1.71 bits per heavy atom. The van der Waals surface area contributed by atoms with Crippen LogP contribution < -0.4 is 15.4 Å². The highest BCUT2D eigenvalue weighted by Crippen LogP contribution is 2.20. The molecule has 0 bridgehead atoms. The van der Waals surface area contributed by atoms with E-state index in [-0.39, 0.29) is 17.9 Å². The third kappa shape index (κ3) is 6.85. The first-order chi connectivity index (χ1) is 16.7. The van der Waals surface area contributed by atoms with Crippen LogP contribution in [0.3, 0.4) is 0 Å². The van der Waals surface area contributed by atoms with Crippen LogP contribution in [0.4, 0.5) is 5.69 Å². The number of para-hydroxylation sites is 1. The average Bonchev–Trinajstić information content (AvgIpc) is 3.40. The lowest BCUT2D eigenvalue weighted by Crippen LogP contribution is -2.32. The van der Waals surface area contributed by atoms with E-state index in [1.807, 2.05) is 18.2 Å². The van der Waals surface area contributed by atoms with Crippen molar-refractivity contribution < 1.29 is 19.1 Å². The van der Waals surface area contributed by atoms with Gasteiger partial charge in [-0.15, -0.1) is 11.8 Å². The minimum Gasteiger partial charge on any atom is -0.493 e. The summed E-state index contributed by atoms with van der Waals surface area (Å²) in [5.74, 6) is 1.02. The lowest BCUT2D eigenvalue weighted by atomic mass is 10.1. The minimum atomic E-state index is -0.287. The van der Waals surface area contributed by atoms with Gasteiger partial charge in [-0.05, 0) is 61.4 Å². The van der Waals surface area contributed by atoms with Crippen LogP contribution in [0.5, 0.6) is 5.75 Å². The topological polar surface area (TPSA) is 76.7 Å². The van der Waals surface area contributed by atoms with Crippen LogP contribution in [-0.4, -0.2) is 43.4 Å². The molecule has 2 N–H and O–H groups in total. The number of amides is 2. The van der Waals surface area contributed by atoms with Gasteiger partial charge in [0.1, 0.15) is 5.75 Å². The van der Waals surface area contributed by atoms with E-state index in [2.05, 4.69) is 22.8 Å². The molecular weight excluding hydrogens is 448 g/mol. The third-order valence-electron chi connectivity index (χ3n) is 5.41. The van der Waals surface area contributed by atoms with Crippen LogP contribution in [-0.2, 0) is 4.74 Å². The molecule has 1 aliphatic rings. The molecule has 34 heavy (non-hydrogen) atoms. The van der Waals surface area contributed by atoms with E-state index in [0.29, 0.717) is 35.7 Å². The van der Waals surface area contributed by atoms with Gasteiger partial charge >= 0.3 is 0 Å². The lowest BCUT2D eigenvalue weighted by Gasteiger charge is -2.14. The summed E-state index contributed by atoms with van der Waals surface area (Å²) >= 11 is 1.73. The predicted molar refractivity (Wildman–Crippen MR) is 135 cm³/mol. The number of carbonyl (C=O) groups is 2. The van der Waals surface area contributed by atoms with E-state index in [4.69, 9.17) is 9.47 Å². The molecule has 4 rings (SSSR count). The van der Waals surface area contributed by atoms with Crippen LogP contribution in [0.25, 0.3) is 0 Å². The van der Waals surface area contributed by atoms with E-state index in [9.17, 15) is 9.59 Å². The van der Waals surface area contributed by atoms with Crippen molar-refractivity contribution in [3.8, 4) is 5.75 Å². The summed E-state index contributed by atoms with van der Waals surface area (Å²) in [5, 5.41) is 5.75. The van der Waals surface area contributed by atoms with Crippen molar-refractivity contribution in [2.75, 3.05) is 30.8 Å². The van der Waals surface area contributed by atoms with Crippen molar-refractivity contribution in [2.24, 2.45) is 0 Å². The molecule has 1 heterocycles. The maximum Gasteiger partial charge on any atom is 0.255 e. The monoisotopic (exact) mass is 476 g/mol. The summed E-state index contributed by atoms with van der Waals surface area (Å²) in [7, 11) is 0. The molecule has 1 fully saturated rings. The summed E-state index contributed by atoms with van der Waals surface area (Å²) in [6, 6.07) is 24.2. The SMILES string of the molecule is O=C(Nc1ccccc1C(=O)NC[C@@H]1CCCO1)c1ccc(OCCSc2ccccc2)cc1. The summed E-state index contributed by atoms with van der Waals surface area (Å²) in [4.78, 5) is 26.6. The second-order valence-corrected chi connectivity index (χ2v) is 9.05. The number of ether oxygens (including phenoxy) is 2. The second-order valence-electron chi connectivity index (χ2n) is 7.88. The zero-order chi connectivity index (χ0) is 23.6.